The second-order valence-corrected chi connectivity index (χ2v) is 9.96. The second kappa shape index (κ2) is 10.5. The summed E-state index contributed by atoms with van der Waals surface area (Å²) in [5, 5.41) is 0. The lowest BCUT2D eigenvalue weighted by atomic mass is 9.91. The molecule has 0 aliphatic heterocycles. The summed E-state index contributed by atoms with van der Waals surface area (Å²) in [5.74, 6) is -0.705. The molecule has 0 saturated heterocycles. The molecule has 5 aromatic rings. The first-order chi connectivity index (χ1) is 18.7. The van der Waals surface area contributed by atoms with E-state index in [1.165, 1.54) is 0 Å². The zero-order chi connectivity index (χ0) is 27.7. The molecular weight excluding hydrogens is 484 g/mol. The van der Waals surface area contributed by atoms with E-state index in [0.717, 1.165) is 22.3 Å². The third-order valence-corrected chi connectivity index (χ3v) is 6.82. The van der Waals surface area contributed by atoms with Crippen molar-refractivity contribution in [3.05, 3.63) is 152 Å². The van der Waals surface area contributed by atoms with Gasteiger partial charge in [-0.15, -0.1) is 0 Å². The average molecular weight is 513 g/mol. The molecule has 192 valence electrons. The van der Waals surface area contributed by atoms with Crippen LogP contribution in [0.25, 0.3) is 22.6 Å². The van der Waals surface area contributed by atoms with Crippen molar-refractivity contribution in [1.82, 2.24) is 0 Å². The van der Waals surface area contributed by atoms with Gasteiger partial charge in [-0.25, -0.2) is 0 Å². The summed E-state index contributed by atoms with van der Waals surface area (Å²) in [6.07, 6.45) is 0. The van der Waals surface area contributed by atoms with Crippen LogP contribution < -0.4 is 5.43 Å². The highest BCUT2D eigenvalue weighted by Crippen LogP contribution is 2.33. The quantitative estimate of drug-likeness (QED) is 0.219. The Kier molecular flexibility index (Phi) is 6.95. The summed E-state index contributed by atoms with van der Waals surface area (Å²) in [6, 6.07) is 28.9. The lowest BCUT2D eigenvalue weighted by molar-refractivity contribution is 0.103. The first kappa shape index (κ1) is 25.8. The minimum absolute atomic E-state index is 0.140. The second-order valence-electron chi connectivity index (χ2n) is 9.96. The Balaban J connectivity index is 1.85. The Hall–Kier alpha value is -4.83. The van der Waals surface area contributed by atoms with Crippen LogP contribution in [0.4, 0.5) is 0 Å². The largest absolute Gasteiger partial charge is 0.454 e. The Morgan fingerprint density at radius 1 is 0.462 bits per heavy atom. The number of rotatable bonds is 6. The predicted molar refractivity (Wildman–Crippen MR) is 155 cm³/mol. The Bertz CT molecular complexity index is 1610. The normalized spacial score (nSPS) is 10.9. The molecule has 5 rings (SSSR count). The molecule has 0 aliphatic carbocycles. The van der Waals surface area contributed by atoms with E-state index in [4.69, 9.17) is 4.42 Å². The summed E-state index contributed by atoms with van der Waals surface area (Å²) in [7, 11) is 0. The van der Waals surface area contributed by atoms with Crippen LogP contribution in [0.1, 0.15) is 54.1 Å². The fraction of sp³-hybridized carbons (Fsp3) is 0.114. The third-order valence-electron chi connectivity index (χ3n) is 6.82. The van der Waals surface area contributed by atoms with Gasteiger partial charge in [-0.1, -0.05) is 119 Å². The molecule has 0 aliphatic rings. The molecule has 4 aromatic carbocycles. The number of benzene rings is 4. The fourth-order valence-electron chi connectivity index (χ4n) is 4.46. The minimum atomic E-state index is -0.649. The van der Waals surface area contributed by atoms with E-state index in [1.54, 1.807) is 24.3 Å². The van der Waals surface area contributed by atoms with Crippen molar-refractivity contribution in [3.63, 3.8) is 0 Å². The van der Waals surface area contributed by atoms with Gasteiger partial charge in [0.2, 0.25) is 17.0 Å². The lowest BCUT2D eigenvalue weighted by Crippen LogP contribution is -2.25. The maximum Gasteiger partial charge on any atom is 0.208 e. The van der Waals surface area contributed by atoms with Crippen molar-refractivity contribution in [2.45, 2.75) is 27.7 Å². The summed E-state index contributed by atoms with van der Waals surface area (Å²) < 4.78 is 6.46. The van der Waals surface area contributed by atoms with E-state index < -0.39 is 17.0 Å². The Labute approximate surface area is 227 Å². The fourth-order valence-corrected chi connectivity index (χ4v) is 4.46. The maximum absolute atomic E-state index is 14.4. The van der Waals surface area contributed by atoms with E-state index in [2.05, 4.69) is 0 Å². The summed E-state index contributed by atoms with van der Waals surface area (Å²) in [4.78, 5) is 42.2. The van der Waals surface area contributed by atoms with Gasteiger partial charge in [0.05, 0.1) is 0 Å². The van der Waals surface area contributed by atoms with Gasteiger partial charge in [0.1, 0.15) is 22.6 Å². The molecule has 0 saturated carbocycles. The number of aryl methyl sites for hydroxylation is 4. The standard InChI is InChI=1S/C35H28O4/c1-21-5-13-25(14-6-21)31(36)29-33(38)30(32(37)26-15-7-22(2)8-16-26)35(28-19-11-24(4)12-20-28)39-34(29)27-17-9-23(3)10-18-27/h5-20H,1-4H3. The number of carbonyl (C=O) groups excluding carboxylic acids is 2. The van der Waals surface area contributed by atoms with E-state index in [1.807, 2.05) is 100 Å². The zero-order valence-corrected chi connectivity index (χ0v) is 22.4. The smallest absolute Gasteiger partial charge is 0.208 e. The highest BCUT2D eigenvalue weighted by molar-refractivity contribution is 6.16. The van der Waals surface area contributed by atoms with Crippen LogP contribution in [-0.4, -0.2) is 11.6 Å². The molecule has 0 amide bonds. The van der Waals surface area contributed by atoms with Gasteiger partial charge in [0.25, 0.3) is 0 Å². The zero-order valence-electron chi connectivity index (χ0n) is 22.4. The van der Waals surface area contributed by atoms with Gasteiger partial charge in [-0.2, -0.15) is 0 Å². The highest BCUT2D eigenvalue weighted by Gasteiger charge is 2.30. The molecule has 0 unspecified atom stereocenters. The van der Waals surface area contributed by atoms with Crippen molar-refractivity contribution in [2.75, 3.05) is 0 Å². The third kappa shape index (κ3) is 5.14. The van der Waals surface area contributed by atoms with Gasteiger partial charge in [-0.05, 0) is 27.7 Å². The molecule has 1 heterocycles. The minimum Gasteiger partial charge on any atom is -0.454 e. The predicted octanol–water partition coefficient (Wildman–Crippen LogP) is 7.67. The van der Waals surface area contributed by atoms with Gasteiger partial charge in [-0.3, -0.25) is 14.4 Å². The number of hydrogen-bond donors (Lipinski definition) is 0. The Morgan fingerprint density at radius 2 is 0.744 bits per heavy atom. The number of carbonyl (C=O) groups is 2. The maximum atomic E-state index is 14.4. The summed E-state index contributed by atoms with van der Waals surface area (Å²) in [5.41, 5.74) is 4.91. The molecule has 4 heteroatoms. The SMILES string of the molecule is Cc1ccc(C(=O)c2c(-c3ccc(C)cc3)oc(-c3ccc(C)cc3)c(C(=O)c3ccc(C)cc3)c2=O)cc1. The topological polar surface area (TPSA) is 64.3 Å². The highest BCUT2D eigenvalue weighted by atomic mass is 16.3. The van der Waals surface area contributed by atoms with Crippen molar-refractivity contribution < 1.29 is 14.0 Å². The van der Waals surface area contributed by atoms with Crippen LogP contribution in [0.3, 0.4) is 0 Å². The van der Waals surface area contributed by atoms with Crippen LogP contribution in [-0.2, 0) is 0 Å². The van der Waals surface area contributed by atoms with Gasteiger partial charge < -0.3 is 4.42 Å². The first-order valence-corrected chi connectivity index (χ1v) is 12.8. The average Bonchev–Trinajstić information content (AvgIpc) is 2.93. The van der Waals surface area contributed by atoms with Crippen molar-refractivity contribution >= 4 is 11.6 Å². The van der Waals surface area contributed by atoms with Gasteiger partial charge in [0, 0.05) is 22.3 Å². The molecule has 0 bridgehead atoms. The molecule has 0 radical (unpaired) electrons. The molecule has 0 atom stereocenters. The lowest BCUT2D eigenvalue weighted by Gasteiger charge is -2.15. The van der Waals surface area contributed by atoms with Crippen LogP contribution in [0.2, 0.25) is 0 Å². The van der Waals surface area contributed by atoms with Crippen LogP contribution in [0, 0.1) is 27.7 Å². The molecule has 4 nitrogen and oxygen atoms in total. The molecule has 1 aromatic heterocycles. The molecular formula is C35H28O4. The van der Waals surface area contributed by atoms with Crippen molar-refractivity contribution in [3.8, 4) is 22.6 Å². The monoisotopic (exact) mass is 512 g/mol. The summed E-state index contributed by atoms with van der Waals surface area (Å²) >= 11 is 0. The van der Waals surface area contributed by atoms with E-state index in [0.29, 0.717) is 22.3 Å². The molecule has 39 heavy (non-hydrogen) atoms. The summed E-state index contributed by atoms with van der Waals surface area (Å²) in [6.45, 7) is 7.77. The van der Waals surface area contributed by atoms with Crippen LogP contribution in [0.15, 0.2) is 106 Å². The van der Waals surface area contributed by atoms with Gasteiger partial charge in [0.15, 0.2) is 0 Å². The van der Waals surface area contributed by atoms with E-state index in [-0.39, 0.29) is 22.6 Å². The first-order valence-electron chi connectivity index (χ1n) is 12.8. The van der Waals surface area contributed by atoms with Crippen LogP contribution in [0.5, 0.6) is 0 Å². The molecule has 0 N–H and O–H groups in total. The Morgan fingerprint density at radius 3 is 1.05 bits per heavy atom. The van der Waals surface area contributed by atoms with E-state index >= 15 is 0 Å². The van der Waals surface area contributed by atoms with Crippen LogP contribution >= 0.6 is 0 Å². The van der Waals surface area contributed by atoms with Crippen molar-refractivity contribution in [1.29, 1.82) is 0 Å². The molecule has 0 spiro atoms. The number of ketones is 2. The van der Waals surface area contributed by atoms with E-state index in [9.17, 15) is 14.4 Å². The molecule has 0 fully saturated rings. The van der Waals surface area contributed by atoms with Crippen molar-refractivity contribution in [2.24, 2.45) is 0 Å². The number of hydrogen-bond acceptors (Lipinski definition) is 4. The van der Waals surface area contributed by atoms with Gasteiger partial charge >= 0.3 is 0 Å².